The molecule has 0 spiro atoms. The maximum absolute atomic E-state index is 12.9. The van der Waals surface area contributed by atoms with Crippen LogP contribution < -0.4 is 0 Å². The molecule has 0 aliphatic rings. The standard InChI is InChI=1S/C26H22O3/c1-3-17-13-15-23(21-11-7-5-9-19(17)21)25(27)29-26(28)24-16-14-18(4-2)20-10-6-8-12-22(20)24/h5-16H,3-4H2,1-2H3. The zero-order valence-corrected chi connectivity index (χ0v) is 16.6. The van der Waals surface area contributed by atoms with Gasteiger partial charge in [0.15, 0.2) is 0 Å². The molecule has 0 unspecified atom stereocenters. The number of rotatable bonds is 4. The molecule has 0 heterocycles. The highest BCUT2D eigenvalue weighted by Gasteiger charge is 2.20. The Hall–Kier alpha value is -3.46. The molecule has 0 atom stereocenters. The molecule has 29 heavy (non-hydrogen) atoms. The van der Waals surface area contributed by atoms with Gasteiger partial charge in [0.2, 0.25) is 0 Å². The molecular formula is C26H22O3. The van der Waals surface area contributed by atoms with Gasteiger partial charge in [-0.25, -0.2) is 9.59 Å². The van der Waals surface area contributed by atoms with Crippen LogP contribution >= 0.6 is 0 Å². The Kier molecular flexibility index (Phi) is 5.13. The number of carbonyl (C=O) groups excluding carboxylic acids is 2. The van der Waals surface area contributed by atoms with E-state index in [1.807, 2.05) is 60.7 Å². The third-order valence-electron chi connectivity index (χ3n) is 5.42. The summed E-state index contributed by atoms with van der Waals surface area (Å²) in [5.74, 6) is -1.25. The largest absolute Gasteiger partial charge is 0.386 e. The molecular weight excluding hydrogens is 360 g/mol. The molecule has 0 saturated heterocycles. The number of esters is 2. The minimum absolute atomic E-state index is 0.403. The van der Waals surface area contributed by atoms with E-state index in [9.17, 15) is 9.59 Å². The van der Waals surface area contributed by atoms with Crippen molar-refractivity contribution in [2.24, 2.45) is 0 Å². The Morgan fingerprint density at radius 1 is 0.586 bits per heavy atom. The average molecular weight is 382 g/mol. The SMILES string of the molecule is CCc1ccc(C(=O)OC(=O)c2ccc(CC)c3ccccc23)c2ccccc12. The van der Waals surface area contributed by atoms with Crippen LogP contribution in [0.2, 0.25) is 0 Å². The van der Waals surface area contributed by atoms with E-state index >= 15 is 0 Å². The zero-order valence-electron chi connectivity index (χ0n) is 16.6. The Bertz CT molecular complexity index is 1140. The molecule has 0 fully saturated rings. The summed E-state index contributed by atoms with van der Waals surface area (Å²) in [5.41, 5.74) is 3.12. The first-order chi connectivity index (χ1) is 14.1. The van der Waals surface area contributed by atoms with E-state index < -0.39 is 11.9 Å². The molecule has 0 radical (unpaired) electrons. The van der Waals surface area contributed by atoms with Gasteiger partial charge in [-0.3, -0.25) is 0 Å². The van der Waals surface area contributed by atoms with E-state index in [1.54, 1.807) is 12.1 Å². The lowest BCUT2D eigenvalue weighted by molar-refractivity contribution is 0.0400. The van der Waals surface area contributed by atoms with Crippen molar-refractivity contribution in [1.82, 2.24) is 0 Å². The molecule has 0 aliphatic heterocycles. The summed E-state index contributed by atoms with van der Waals surface area (Å²) < 4.78 is 5.31. The molecule has 0 aliphatic carbocycles. The van der Waals surface area contributed by atoms with Crippen LogP contribution in [0.15, 0.2) is 72.8 Å². The van der Waals surface area contributed by atoms with Gasteiger partial charge in [-0.15, -0.1) is 0 Å². The highest BCUT2D eigenvalue weighted by molar-refractivity contribution is 6.13. The summed E-state index contributed by atoms with van der Waals surface area (Å²) in [7, 11) is 0. The third kappa shape index (κ3) is 3.40. The molecule has 3 heteroatoms. The van der Waals surface area contributed by atoms with E-state index in [0.29, 0.717) is 11.1 Å². The first-order valence-corrected chi connectivity index (χ1v) is 9.91. The highest BCUT2D eigenvalue weighted by Crippen LogP contribution is 2.26. The van der Waals surface area contributed by atoms with Crippen LogP contribution in [0.5, 0.6) is 0 Å². The summed E-state index contributed by atoms with van der Waals surface area (Å²) in [6.45, 7) is 4.16. The Morgan fingerprint density at radius 3 is 1.34 bits per heavy atom. The average Bonchev–Trinajstić information content (AvgIpc) is 2.77. The fourth-order valence-electron chi connectivity index (χ4n) is 3.89. The van der Waals surface area contributed by atoms with Gasteiger partial charge in [0.1, 0.15) is 0 Å². The second-order valence-corrected chi connectivity index (χ2v) is 7.02. The number of aryl methyl sites for hydroxylation is 2. The number of benzene rings is 4. The molecule has 0 aromatic heterocycles. The van der Waals surface area contributed by atoms with Crippen LogP contribution in [-0.2, 0) is 17.6 Å². The lowest BCUT2D eigenvalue weighted by atomic mass is 9.97. The number of carbonyl (C=O) groups is 2. The van der Waals surface area contributed by atoms with Crippen molar-refractivity contribution in [1.29, 1.82) is 0 Å². The Labute approximate surface area is 169 Å². The van der Waals surface area contributed by atoms with Gasteiger partial charge in [0, 0.05) is 0 Å². The van der Waals surface area contributed by atoms with E-state index in [4.69, 9.17) is 4.74 Å². The third-order valence-corrected chi connectivity index (χ3v) is 5.42. The monoisotopic (exact) mass is 382 g/mol. The molecule has 0 amide bonds. The number of hydrogen-bond acceptors (Lipinski definition) is 3. The lowest BCUT2D eigenvalue weighted by Crippen LogP contribution is -2.14. The van der Waals surface area contributed by atoms with Crippen LogP contribution in [0, 0.1) is 0 Å². The first-order valence-electron chi connectivity index (χ1n) is 9.91. The smallest absolute Gasteiger partial charge is 0.346 e. The van der Waals surface area contributed by atoms with Gasteiger partial charge in [-0.05, 0) is 57.6 Å². The van der Waals surface area contributed by atoms with Crippen molar-refractivity contribution >= 4 is 33.5 Å². The number of ether oxygens (including phenoxy) is 1. The molecule has 0 bridgehead atoms. The van der Waals surface area contributed by atoms with Crippen LogP contribution in [0.25, 0.3) is 21.5 Å². The topological polar surface area (TPSA) is 43.4 Å². The van der Waals surface area contributed by atoms with Gasteiger partial charge in [0.05, 0.1) is 11.1 Å². The van der Waals surface area contributed by atoms with Crippen LogP contribution in [0.3, 0.4) is 0 Å². The fourth-order valence-corrected chi connectivity index (χ4v) is 3.89. The van der Waals surface area contributed by atoms with Gasteiger partial charge >= 0.3 is 11.9 Å². The van der Waals surface area contributed by atoms with E-state index in [1.165, 1.54) is 0 Å². The van der Waals surface area contributed by atoms with Crippen molar-refractivity contribution < 1.29 is 14.3 Å². The van der Waals surface area contributed by atoms with Crippen LogP contribution in [0.1, 0.15) is 45.7 Å². The lowest BCUT2D eigenvalue weighted by Gasteiger charge is -2.11. The summed E-state index contributed by atoms with van der Waals surface area (Å²) in [6, 6.07) is 22.8. The van der Waals surface area contributed by atoms with Crippen LogP contribution in [-0.4, -0.2) is 11.9 Å². The second kappa shape index (κ2) is 7.88. The maximum Gasteiger partial charge on any atom is 0.346 e. The zero-order chi connectivity index (χ0) is 20.4. The van der Waals surface area contributed by atoms with Crippen molar-refractivity contribution in [3.8, 4) is 0 Å². The number of fused-ring (bicyclic) bond motifs is 2. The summed E-state index contributed by atoms with van der Waals surface area (Å²) >= 11 is 0. The van der Waals surface area contributed by atoms with Crippen molar-refractivity contribution in [2.75, 3.05) is 0 Å². The van der Waals surface area contributed by atoms with Crippen molar-refractivity contribution in [3.63, 3.8) is 0 Å². The minimum Gasteiger partial charge on any atom is -0.386 e. The highest BCUT2D eigenvalue weighted by atomic mass is 16.6. The quantitative estimate of drug-likeness (QED) is 0.316. The molecule has 0 N–H and O–H groups in total. The molecule has 144 valence electrons. The summed E-state index contributed by atoms with van der Waals surface area (Å²) in [5, 5.41) is 3.62. The summed E-state index contributed by atoms with van der Waals surface area (Å²) in [4.78, 5) is 25.7. The molecule has 4 aromatic carbocycles. The second-order valence-electron chi connectivity index (χ2n) is 7.02. The minimum atomic E-state index is -0.627. The maximum atomic E-state index is 12.9. The molecule has 4 rings (SSSR count). The predicted octanol–water partition coefficient (Wildman–Crippen LogP) is 6.12. The van der Waals surface area contributed by atoms with Crippen LogP contribution in [0.4, 0.5) is 0 Å². The molecule has 0 saturated carbocycles. The Morgan fingerprint density at radius 2 is 0.966 bits per heavy atom. The van der Waals surface area contributed by atoms with E-state index in [-0.39, 0.29) is 0 Å². The predicted molar refractivity (Wildman–Crippen MR) is 116 cm³/mol. The number of hydrogen-bond donors (Lipinski definition) is 0. The molecule has 4 aromatic rings. The molecule has 3 nitrogen and oxygen atoms in total. The van der Waals surface area contributed by atoms with Crippen molar-refractivity contribution in [2.45, 2.75) is 26.7 Å². The van der Waals surface area contributed by atoms with Gasteiger partial charge in [0.25, 0.3) is 0 Å². The summed E-state index contributed by atoms with van der Waals surface area (Å²) in [6.07, 6.45) is 1.73. The Balaban J connectivity index is 1.71. The van der Waals surface area contributed by atoms with Gasteiger partial charge < -0.3 is 4.74 Å². The first kappa shape index (κ1) is 18.9. The van der Waals surface area contributed by atoms with Gasteiger partial charge in [-0.2, -0.15) is 0 Å². The normalized spacial score (nSPS) is 11.0. The van der Waals surface area contributed by atoms with E-state index in [2.05, 4.69) is 13.8 Å². The fraction of sp³-hybridized carbons (Fsp3) is 0.154. The van der Waals surface area contributed by atoms with Crippen molar-refractivity contribution in [3.05, 3.63) is 95.1 Å². The van der Waals surface area contributed by atoms with E-state index in [0.717, 1.165) is 45.5 Å². The van der Waals surface area contributed by atoms with Gasteiger partial charge in [-0.1, -0.05) is 74.5 Å².